The predicted octanol–water partition coefficient (Wildman–Crippen LogP) is 4.60. The highest BCUT2D eigenvalue weighted by Crippen LogP contribution is 2.37. The van der Waals surface area contributed by atoms with Gasteiger partial charge in [-0.3, -0.25) is 9.59 Å². The number of fused-ring (bicyclic) bond motifs is 5. The second-order valence-electron chi connectivity index (χ2n) is 11.2. The minimum Gasteiger partial charge on any atom is -0.496 e. The third kappa shape index (κ3) is 5.64. The maximum atomic E-state index is 14.7. The number of nitrogen functional groups attached to an aromatic ring is 1. The van der Waals surface area contributed by atoms with Crippen molar-refractivity contribution in [2.24, 2.45) is 0 Å². The predicted molar refractivity (Wildman–Crippen MR) is 166 cm³/mol. The van der Waals surface area contributed by atoms with Crippen LogP contribution in [0.25, 0.3) is 10.8 Å². The highest BCUT2D eigenvalue weighted by Gasteiger charge is 2.38. The number of nitrogens with two attached hydrogens (primary N) is 1. The Morgan fingerprint density at radius 1 is 1.02 bits per heavy atom. The van der Waals surface area contributed by atoms with Crippen molar-refractivity contribution < 1.29 is 27.1 Å². The first-order valence-corrected chi connectivity index (χ1v) is 15.8. The number of ether oxygens (including phenoxy) is 1. The number of aromatic nitrogens is 1. The third-order valence-electron chi connectivity index (χ3n) is 8.08. The fourth-order valence-electron chi connectivity index (χ4n) is 5.59. The van der Waals surface area contributed by atoms with Gasteiger partial charge in [0.2, 0.25) is 11.8 Å². The number of hydrogen-bond donors (Lipinski definition) is 3. The Hall–Kier alpha value is -4.71. The van der Waals surface area contributed by atoms with Crippen molar-refractivity contribution in [3.8, 4) is 5.75 Å². The summed E-state index contributed by atoms with van der Waals surface area (Å²) in [7, 11) is -0.465. The first-order chi connectivity index (χ1) is 21.0. The normalized spacial score (nSPS) is 17.6. The minimum absolute atomic E-state index is 0.0282. The van der Waals surface area contributed by atoms with Crippen LogP contribution in [0.2, 0.25) is 0 Å². The van der Waals surface area contributed by atoms with Crippen molar-refractivity contribution >= 4 is 49.6 Å². The van der Waals surface area contributed by atoms with Gasteiger partial charge in [0.05, 0.1) is 23.5 Å². The molecule has 12 heteroatoms. The molecule has 228 valence electrons. The average molecular weight is 618 g/mol. The largest absolute Gasteiger partial charge is 0.496 e. The number of carbonyl (C=O) groups excluding carboxylic acids is 2. The lowest BCUT2D eigenvalue weighted by atomic mass is 9.98. The molecular weight excluding hydrogens is 585 g/mol. The Bertz CT molecular complexity index is 1910. The summed E-state index contributed by atoms with van der Waals surface area (Å²) in [6.45, 7) is -0.0282. The molecule has 4 bridgehead atoms. The molecule has 1 aliphatic carbocycles. The van der Waals surface area contributed by atoms with Gasteiger partial charge >= 0.3 is 0 Å². The second kappa shape index (κ2) is 11.4. The van der Waals surface area contributed by atoms with Crippen molar-refractivity contribution in [1.29, 1.82) is 0 Å². The zero-order valence-electron chi connectivity index (χ0n) is 24.3. The lowest BCUT2D eigenvalue weighted by Crippen LogP contribution is -2.35. The number of rotatable bonds is 5. The SMILES string of the molecule is COc1ccc2cc1CCC(=O)Nc1ccc(S(=O)(=O)C3CC3)c(c1)CN(C)C(=O)C2Nc1ccc2c(N)ncc(F)c2c1. The zero-order chi connectivity index (χ0) is 31.2. The molecule has 2 amide bonds. The molecule has 6 rings (SSSR count). The molecule has 1 fully saturated rings. The molecule has 4 N–H and O–H groups in total. The molecule has 44 heavy (non-hydrogen) atoms. The molecule has 2 heterocycles. The number of sulfone groups is 1. The summed E-state index contributed by atoms with van der Waals surface area (Å²) in [5.74, 6) is -0.395. The van der Waals surface area contributed by atoms with Gasteiger partial charge in [0.15, 0.2) is 9.84 Å². The van der Waals surface area contributed by atoms with Crippen LogP contribution < -0.4 is 21.1 Å². The maximum absolute atomic E-state index is 14.7. The molecule has 3 aromatic carbocycles. The van der Waals surface area contributed by atoms with Crippen LogP contribution in [-0.4, -0.2) is 49.5 Å². The number of amides is 2. The molecule has 10 nitrogen and oxygen atoms in total. The van der Waals surface area contributed by atoms with Crippen molar-refractivity contribution in [3.63, 3.8) is 0 Å². The summed E-state index contributed by atoms with van der Waals surface area (Å²) in [6.07, 6.45) is 2.69. The topological polar surface area (TPSA) is 144 Å². The van der Waals surface area contributed by atoms with Crippen LogP contribution in [0.15, 0.2) is 65.7 Å². The van der Waals surface area contributed by atoms with Crippen molar-refractivity contribution in [3.05, 3.63) is 83.3 Å². The van der Waals surface area contributed by atoms with Gasteiger partial charge in [0.25, 0.3) is 0 Å². The van der Waals surface area contributed by atoms with Gasteiger partial charge in [-0.2, -0.15) is 0 Å². The van der Waals surface area contributed by atoms with E-state index in [9.17, 15) is 22.4 Å². The summed E-state index contributed by atoms with van der Waals surface area (Å²) >= 11 is 0. The average Bonchev–Trinajstić information content (AvgIpc) is 3.87. The number of hydrogen-bond acceptors (Lipinski definition) is 8. The molecule has 1 aliphatic heterocycles. The summed E-state index contributed by atoms with van der Waals surface area (Å²) < 4.78 is 46.9. The summed E-state index contributed by atoms with van der Waals surface area (Å²) in [6, 6.07) is 14.0. The van der Waals surface area contributed by atoms with Crippen LogP contribution in [0.1, 0.15) is 42.0 Å². The molecule has 0 spiro atoms. The highest BCUT2D eigenvalue weighted by atomic mass is 32.2. The number of likely N-dealkylation sites (N-methyl/N-ethyl adjacent to an activating group) is 1. The number of aryl methyl sites for hydroxylation is 1. The van der Waals surface area contributed by atoms with E-state index in [2.05, 4.69) is 15.6 Å². The number of nitrogens with zero attached hydrogens (tertiary/aromatic N) is 2. The summed E-state index contributed by atoms with van der Waals surface area (Å²) in [4.78, 5) is 32.6. The summed E-state index contributed by atoms with van der Waals surface area (Å²) in [5, 5.41) is 6.36. The van der Waals surface area contributed by atoms with Crippen LogP contribution >= 0.6 is 0 Å². The molecule has 1 atom stereocenters. The van der Waals surface area contributed by atoms with E-state index in [1.807, 2.05) is 6.07 Å². The van der Waals surface area contributed by atoms with Gasteiger partial charge in [-0.15, -0.1) is 0 Å². The Kier molecular flexibility index (Phi) is 7.62. The summed E-state index contributed by atoms with van der Waals surface area (Å²) in [5.41, 5.74) is 8.59. The van der Waals surface area contributed by atoms with E-state index in [1.165, 1.54) is 18.1 Å². The standard InChI is InChI=1S/C32H32FN5O5S/c1-38-17-20-14-21(6-11-28(20)44(41,42)23-7-8-23)36-29(39)12-4-18-13-19(3-10-27(18)43-2)30(32(38)40)37-22-5-9-24-25(15-22)26(33)16-35-31(24)34/h3,5-6,9-11,13-16,23,30,37H,4,7-8,12,17H2,1-2H3,(H2,34,35)(H,36,39). The molecule has 0 radical (unpaired) electrons. The van der Waals surface area contributed by atoms with E-state index in [0.717, 1.165) is 11.8 Å². The van der Waals surface area contributed by atoms with E-state index in [1.54, 1.807) is 49.5 Å². The van der Waals surface area contributed by atoms with Gasteiger partial charge in [0, 0.05) is 42.2 Å². The number of nitrogens with one attached hydrogen (secondary N) is 2. The lowest BCUT2D eigenvalue weighted by Gasteiger charge is -2.27. The minimum atomic E-state index is -3.60. The van der Waals surface area contributed by atoms with Crippen LogP contribution in [0.5, 0.6) is 5.75 Å². The Morgan fingerprint density at radius 2 is 1.82 bits per heavy atom. The fourth-order valence-corrected chi connectivity index (χ4v) is 7.45. The first kappa shape index (κ1) is 29.4. The monoisotopic (exact) mass is 617 g/mol. The number of benzene rings is 3. The van der Waals surface area contributed by atoms with Gasteiger partial charge in [0.1, 0.15) is 23.4 Å². The van der Waals surface area contributed by atoms with Crippen LogP contribution in [0.3, 0.4) is 0 Å². The smallest absolute Gasteiger partial charge is 0.249 e. The van der Waals surface area contributed by atoms with Gasteiger partial charge in [-0.1, -0.05) is 6.07 Å². The number of halogens is 1. The van der Waals surface area contributed by atoms with E-state index in [0.29, 0.717) is 52.9 Å². The third-order valence-corrected chi connectivity index (χ3v) is 10.4. The quantitative estimate of drug-likeness (QED) is 0.295. The van der Waals surface area contributed by atoms with E-state index in [4.69, 9.17) is 10.5 Å². The molecular formula is C32H32FN5O5S. The van der Waals surface area contributed by atoms with Crippen LogP contribution in [0, 0.1) is 5.82 Å². The molecule has 1 aromatic heterocycles. The van der Waals surface area contributed by atoms with Gasteiger partial charge in [-0.25, -0.2) is 17.8 Å². The first-order valence-electron chi connectivity index (χ1n) is 14.2. The molecule has 1 unspecified atom stereocenters. The van der Waals surface area contributed by atoms with Crippen molar-refractivity contribution in [2.45, 2.75) is 48.4 Å². The Balaban J connectivity index is 1.44. The molecule has 4 aromatic rings. The molecule has 2 aliphatic rings. The van der Waals surface area contributed by atoms with Crippen LogP contribution in [-0.2, 0) is 32.4 Å². The fraction of sp³-hybridized carbons (Fsp3) is 0.281. The van der Waals surface area contributed by atoms with Crippen molar-refractivity contribution in [2.75, 3.05) is 30.5 Å². The van der Waals surface area contributed by atoms with E-state index in [-0.39, 0.29) is 40.9 Å². The molecule has 0 saturated heterocycles. The van der Waals surface area contributed by atoms with Gasteiger partial charge in [-0.05, 0) is 84.5 Å². The van der Waals surface area contributed by atoms with Crippen LogP contribution in [0.4, 0.5) is 21.6 Å². The highest BCUT2D eigenvalue weighted by molar-refractivity contribution is 7.92. The van der Waals surface area contributed by atoms with E-state index < -0.39 is 26.9 Å². The number of methoxy groups -OCH3 is 1. The molecule has 1 saturated carbocycles. The number of carbonyl (C=O) groups is 2. The number of pyridine rings is 1. The zero-order valence-corrected chi connectivity index (χ0v) is 25.1. The maximum Gasteiger partial charge on any atom is 0.249 e. The lowest BCUT2D eigenvalue weighted by molar-refractivity contribution is -0.131. The Labute approximate surface area is 254 Å². The van der Waals surface area contributed by atoms with E-state index >= 15 is 0 Å². The van der Waals surface area contributed by atoms with Crippen molar-refractivity contribution in [1.82, 2.24) is 9.88 Å². The number of anilines is 3. The Morgan fingerprint density at radius 3 is 2.57 bits per heavy atom. The van der Waals surface area contributed by atoms with Gasteiger partial charge < -0.3 is 26.0 Å². The second-order valence-corrected chi connectivity index (χ2v) is 13.4.